The van der Waals surface area contributed by atoms with E-state index in [1.807, 2.05) is 14.1 Å². The highest BCUT2D eigenvalue weighted by Crippen LogP contribution is 2.26. The van der Waals surface area contributed by atoms with Gasteiger partial charge in [-0.2, -0.15) is 0 Å². The van der Waals surface area contributed by atoms with Gasteiger partial charge in [-0.15, -0.1) is 0 Å². The molecule has 1 N–H and O–H groups in total. The van der Waals surface area contributed by atoms with Crippen LogP contribution in [0.25, 0.3) is 0 Å². The normalized spacial score (nSPS) is 20.4. The van der Waals surface area contributed by atoms with Crippen molar-refractivity contribution in [1.82, 2.24) is 10.2 Å². The molecule has 3 nitrogen and oxygen atoms in total. The van der Waals surface area contributed by atoms with Gasteiger partial charge in [0.05, 0.1) is 12.3 Å². The van der Waals surface area contributed by atoms with Crippen molar-refractivity contribution < 1.29 is 0 Å². The Morgan fingerprint density at radius 3 is 2.77 bits per heavy atom. The number of hydrogen-bond donors (Lipinski definition) is 1. The van der Waals surface area contributed by atoms with Crippen LogP contribution in [-0.2, 0) is 0 Å². The zero-order valence-electron chi connectivity index (χ0n) is 17.2. The van der Waals surface area contributed by atoms with E-state index in [-0.39, 0.29) is 0 Å². The first-order valence-electron chi connectivity index (χ1n) is 10.6. The zero-order chi connectivity index (χ0) is 18.6. The molecule has 0 radical (unpaired) electrons. The molecule has 146 valence electrons. The predicted molar refractivity (Wildman–Crippen MR) is 115 cm³/mol. The van der Waals surface area contributed by atoms with Crippen LogP contribution in [0.5, 0.6) is 0 Å². The molecule has 3 heteroatoms. The van der Waals surface area contributed by atoms with Gasteiger partial charge in [0.25, 0.3) is 0 Å². The SMILES string of the molecule is C/N=C(\C=C/CC1CCCCC1)CN(C1=CCCC=C1)[C@@H](C)CCNC. The van der Waals surface area contributed by atoms with Crippen molar-refractivity contribution >= 4 is 5.71 Å². The summed E-state index contributed by atoms with van der Waals surface area (Å²) >= 11 is 0. The van der Waals surface area contributed by atoms with Crippen LogP contribution >= 0.6 is 0 Å². The molecule has 0 aromatic heterocycles. The molecule has 1 atom stereocenters. The molecule has 1 fully saturated rings. The molecular weight excluding hydrogens is 318 g/mol. The van der Waals surface area contributed by atoms with E-state index in [0.29, 0.717) is 6.04 Å². The van der Waals surface area contributed by atoms with Crippen molar-refractivity contribution in [3.05, 3.63) is 36.1 Å². The zero-order valence-corrected chi connectivity index (χ0v) is 17.2. The molecule has 0 heterocycles. The minimum atomic E-state index is 0.500. The van der Waals surface area contributed by atoms with Crippen molar-refractivity contribution in [2.45, 2.75) is 70.8 Å². The van der Waals surface area contributed by atoms with Crippen molar-refractivity contribution in [1.29, 1.82) is 0 Å². The topological polar surface area (TPSA) is 27.6 Å². The predicted octanol–water partition coefficient (Wildman–Crippen LogP) is 5.12. The standard InChI is InChI=1S/C23H39N3/c1-20(17-18-24-2)26(23-15-8-5-9-16-23)19-22(25-3)14-10-13-21-11-6-4-7-12-21/h8,10,14-16,20-21,24H,4-7,9,11-13,17-19H2,1-3H3/b14-10-,25-22+/t20-/m0/s1. The third kappa shape index (κ3) is 7.11. The third-order valence-corrected chi connectivity index (χ3v) is 5.78. The van der Waals surface area contributed by atoms with Crippen molar-refractivity contribution in [3.8, 4) is 0 Å². The highest BCUT2D eigenvalue weighted by Gasteiger charge is 2.17. The maximum Gasteiger partial charge on any atom is 0.0600 e. The fourth-order valence-corrected chi connectivity index (χ4v) is 4.02. The first-order valence-corrected chi connectivity index (χ1v) is 10.6. The Kier molecular flexibility index (Phi) is 9.76. The lowest BCUT2D eigenvalue weighted by Crippen LogP contribution is -2.37. The van der Waals surface area contributed by atoms with Gasteiger partial charge in [-0.1, -0.05) is 50.3 Å². The first kappa shape index (κ1) is 21.0. The summed E-state index contributed by atoms with van der Waals surface area (Å²) in [6.07, 6.45) is 23.4. The van der Waals surface area contributed by atoms with E-state index < -0.39 is 0 Å². The van der Waals surface area contributed by atoms with Gasteiger partial charge in [0.2, 0.25) is 0 Å². The maximum atomic E-state index is 4.59. The Labute approximate surface area is 161 Å². The highest BCUT2D eigenvalue weighted by atomic mass is 15.2. The minimum Gasteiger partial charge on any atom is -0.363 e. The molecule has 2 aliphatic rings. The fraction of sp³-hybridized carbons (Fsp3) is 0.696. The summed E-state index contributed by atoms with van der Waals surface area (Å²) in [4.78, 5) is 7.12. The Hall–Kier alpha value is -1.35. The van der Waals surface area contributed by atoms with Crippen LogP contribution in [-0.4, -0.2) is 43.8 Å². The molecule has 0 aromatic rings. The summed E-state index contributed by atoms with van der Waals surface area (Å²) in [6.45, 7) is 4.28. The van der Waals surface area contributed by atoms with Crippen LogP contribution in [0.1, 0.15) is 64.7 Å². The quantitative estimate of drug-likeness (QED) is 0.550. The number of allylic oxidation sites excluding steroid dienone is 4. The molecule has 2 aliphatic carbocycles. The summed E-state index contributed by atoms with van der Waals surface area (Å²) in [7, 11) is 3.96. The van der Waals surface area contributed by atoms with Gasteiger partial charge in [0.1, 0.15) is 0 Å². The van der Waals surface area contributed by atoms with Crippen LogP contribution in [0.2, 0.25) is 0 Å². The van der Waals surface area contributed by atoms with E-state index in [1.54, 1.807) is 0 Å². The summed E-state index contributed by atoms with van der Waals surface area (Å²) in [5, 5.41) is 3.29. The first-order chi connectivity index (χ1) is 12.7. The number of hydrogen-bond acceptors (Lipinski definition) is 3. The van der Waals surface area contributed by atoms with Gasteiger partial charge in [0, 0.05) is 18.8 Å². The molecule has 0 aromatic carbocycles. The van der Waals surface area contributed by atoms with Crippen LogP contribution < -0.4 is 5.32 Å². The van der Waals surface area contributed by atoms with Crippen LogP contribution in [0.15, 0.2) is 41.1 Å². The van der Waals surface area contributed by atoms with Gasteiger partial charge in [-0.3, -0.25) is 4.99 Å². The summed E-state index contributed by atoms with van der Waals surface area (Å²) < 4.78 is 0. The number of rotatable bonds is 10. The van der Waals surface area contributed by atoms with Gasteiger partial charge in [-0.25, -0.2) is 0 Å². The lowest BCUT2D eigenvalue weighted by molar-refractivity contribution is 0.293. The van der Waals surface area contributed by atoms with Crippen LogP contribution in [0.3, 0.4) is 0 Å². The van der Waals surface area contributed by atoms with E-state index in [9.17, 15) is 0 Å². The van der Waals surface area contributed by atoms with Gasteiger partial charge in [-0.05, 0) is 64.3 Å². The number of nitrogens with zero attached hydrogens (tertiary/aromatic N) is 2. The molecular formula is C23H39N3. The molecule has 2 rings (SSSR count). The van der Waals surface area contributed by atoms with E-state index in [0.717, 1.165) is 38.3 Å². The van der Waals surface area contributed by atoms with Gasteiger partial charge in [0.15, 0.2) is 0 Å². The molecule has 0 bridgehead atoms. The summed E-state index contributed by atoms with van der Waals surface area (Å²) in [5.41, 5.74) is 2.55. The Bertz CT molecular complexity index is 510. The molecule has 0 unspecified atom stereocenters. The van der Waals surface area contributed by atoms with Gasteiger partial charge >= 0.3 is 0 Å². The van der Waals surface area contributed by atoms with E-state index >= 15 is 0 Å². The smallest absolute Gasteiger partial charge is 0.0600 e. The minimum absolute atomic E-state index is 0.500. The molecule has 0 aliphatic heterocycles. The lowest BCUT2D eigenvalue weighted by atomic mass is 9.87. The number of aliphatic imine (C=N–C) groups is 1. The highest BCUT2D eigenvalue weighted by molar-refractivity contribution is 5.96. The second-order valence-electron chi connectivity index (χ2n) is 7.83. The van der Waals surface area contributed by atoms with Crippen LogP contribution in [0, 0.1) is 5.92 Å². The van der Waals surface area contributed by atoms with Crippen molar-refractivity contribution in [2.24, 2.45) is 10.9 Å². The third-order valence-electron chi connectivity index (χ3n) is 5.78. The molecule has 0 spiro atoms. The average Bonchev–Trinajstić information content (AvgIpc) is 2.70. The molecule has 0 amide bonds. The second-order valence-corrected chi connectivity index (χ2v) is 7.83. The van der Waals surface area contributed by atoms with E-state index in [2.05, 4.69) is 52.5 Å². The molecule has 1 saturated carbocycles. The van der Waals surface area contributed by atoms with Crippen molar-refractivity contribution in [3.63, 3.8) is 0 Å². The maximum absolute atomic E-state index is 4.59. The van der Waals surface area contributed by atoms with E-state index in [4.69, 9.17) is 0 Å². The lowest BCUT2D eigenvalue weighted by Gasteiger charge is -2.33. The summed E-state index contributed by atoms with van der Waals surface area (Å²) in [5.74, 6) is 0.896. The largest absolute Gasteiger partial charge is 0.363 e. The monoisotopic (exact) mass is 357 g/mol. The van der Waals surface area contributed by atoms with Crippen molar-refractivity contribution in [2.75, 3.05) is 27.2 Å². The Morgan fingerprint density at radius 2 is 2.12 bits per heavy atom. The summed E-state index contributed by atoms with van der Waals surface area (Å²) in [6, 6.07) is 0.500. The van der Waals surface area contributed by atoms with E-state index in [1.165, 1.54) is 49.9 Å². The second kappa shape index (κ2) is 12.1. The van der Waals surface area contributed by atoms with Crippen LogP contribution in [0.4, 0.5) is 0 Å². The average molecular weight is 358 g/mol. The Morgan fingerprint density at radius 1 is 1.31 bits per heavy atom. The molecule has 0 saturated heterocycles. The molecule has 26 heavy (non-hydrogen) atoms. The number of nitrogens with one attached hydrogen (secondary N) is 1. The fourth-order valence-electron chi connectivity index (χ4n) is 4.02. The Balaban J connectivity index is 1.96. The van der Waals surface area contributed by atoms with Gasteiger partial charge < -0.3 is 10.2 Å².